The monoisotopic (exact) mass is 734 g/mol. The van der Waals surface area contributed by atoms with Crippen molar-refractivity contribution in [2.75, 3.05) is 26.4 Å². The highest BCUT2D eigenvalue weighted by Crippen LogP contribution is 2.43. The molecule has 0 bridgehead atoms. The van der Waals surface area contributed by atoms with Gasteiger partial charge in [0.05, 0.1) is 13.2 Å². The number of hydrogen-bond acceptors (Lipinski definition) is 8. The number of carbonyl (C=O) groups excluding carboxylic acids is 2. The summed E-state index contributed by atoms with van der Waals surface area (Å²) in [6.07, 6.45) is 37.8. The lowest BCUT2D eigenvalue weighted by Crippen LogP contribution is -2.29. The molecule has 0 aliphatic heterocycles. The van der Waals surface area contributed by atoms with Gasteiger partial charge in [-0.25, -0.2) is 4.57 Å². The Morgan fingerprint density at radius 1 is 0.520 bits per heavy atom. The van der Waals surface area contributed by atoms with Crippen LogP contribution in [-0.4, -0.2) is 49.3 Å². The van der Waals surface area contributed by atoms with Crippen molar-refractivity contribution >= 4 is 19.8 Å². The average molecular weight is 734 g/mol. The van der Waals surface area contributed by atoms with Crippen molar-refractivity contribution in [2.24, 2.45) is 5.73 Å². The van der Waals surface area contributed by atoms with E-state index in [0.29, 0.717) is 6.42 Å². The Morgan fingerprint density at radius 3 is 1.26 bits per heavy atom. The molecule has 0 aliphatic rings. The molecule has 2 atom stereocenters. The predicted octanol–water partition coefficient (Wildman–Crippen LogP) is 11.7. The Bertz CT molecular complexity index is 799. The fraction of sp³-hybridized carbons (Fsp3) is 0.950. The summed E-state index contributed by atoms with van der Waals surface area (Å²) in [5, 5.41) is 0. The van der Waals surface area contributed by atoms with Crippen LogP contribution in [0.25, 0.3) is 0 Å². The number of phosphoric acid groups is 1. The van der Waals surface area contributed by atoms with Crippen LogP contribution in [0, 0.1) is 0 Å². The third-order valence-electron chi connectivity index (χ3n) is 9.21. The summed E-state index contributed by atoms with van der Waals surface area (Å²) in [5.74, 6) is -0.878. The minimum absolute atomic E-state index is 0.0557. The lowest BCUT2D eigenvalue weighted by Gasteiger charge is -2.19. The Kier molecular flexibility index (Phi) is 37.0. The highest BCUT2D eigenvalue weighted by atomic mass is 31.2. The van der Waals surface area contributed by atoms with Crippen molar-refractivity contribution in [1.82, 2.24) is 0 Å². The third kappa shape index (κ3) is 36.8. The van der Waals surface area contributed by atoms with Crippen LogP contribution in [0.3, 0.4) is 0 Å². The number of carbonyl (C=O) groups is 2. The molecule has 0 amide bonds. The van der Waals surface area contributed by atoms with Crippen LogP contribution in [0.15, 0.2) is 0 Å². The van der Waals surface area contributed by atoms with Crippen molar-refractivity contribution in [3.05, 3.63) is 0 Å². The molecule has 0 aromatic carbocycles. The summed E-state index contributed by atoms with van der Waals surface area (Å²) in [5.41, 5.74) is 5.28. The summed E-state index contributed by atoms with van der Waals surface area (Å²) in [6, 6.07) is 0. The van der Waals surface area contributed by atoms with Gasteiger partial charge in [0, 0.05) is 19.4 Å². The van der Waals surface area contributed by atoms with Crippen molar-refractivity contribution in [3.8, 4) is 0 Å². The molecule has 0 saturated carbocycles. The summed E-state index contributed by atoms with van der Waals surface area (Å²) < 4.78 is 32.0. The lowest BCUT2D eigenvalue weighted by atomic mass is 10.0. The zero-order valence-corrected chi connectivity index (χ0v) is 33.6. The molecule has 0 aliphatic carbocycles. The molecule has 0 fully saturated rings. The standard InChI is InChI=1S/C40H80NO8P/c1-3-5-6-7-8-9-10-11-12-13-14-15-16-17-18-19-20-21-22-23-24-25-26-27-28-29-30-31-33-39(42)46-36-38(49-40(43)32-4-2)37-48-50(44,45)47-35-34-41/h38H,3-37,41H2,1-2H3,(H,44,45)/t38-/m1/s1. The zero-order valence-electron chi connectivity index (χ0n) is 32.7. The molecule has 0 saturated heterocycles. The summed E-state index contributed by atoms with van der Waals surface area (Å²) >= 11 is 0. The molecule has 298 valence electrons. The van der Waals surface area contributed by atoms with Gasteiger partial charge in [-0.2, -0.15) is 0 Å². The van der Waals surface area contributed by atoms with Gasteiger partial charge in [-0.3, -0.25) is 18.6 Å². The van der Waals surface area contributed by atoms with Gasteiger partial charge in [0.1, 0.15) is 6.61 Å². The normalized spacial score (nSPS) is 13.3. The average Bonchev–Trinajstić information content (AvgIpc) is 3.09. The smallest absolute Gasteiger partial charge is 0.462 e. The van der Waals surface area contributed by atoms with E-state index >= 15 is 0 Å². The lowest BCUT2D eigenvalue weighted by molar-refractivity contribution is -0.161. The molecule has 0 radical (unpaired) electrons. The van der Waals surface area contributed by atoms with Gasteiger partial charge in [-0.1, -0.05) is 187 Å². The van der Waals surface area contributed by atoms with E-state index < -0.39 is 26.5 Å². The number of unbranched alkanes of at least 4 members (excludes halogenated alkanes) is 27. The van der Waals surface area contributed by atoms with Gasteiger partial charge in [0.15, 0.2) is 6.10 Å². The predicted molar refractivity (Wildman–Crippen MR) is 206 cm³/mol. The fourth-order valence-corrected chi connectivity index (χ4v) is 6.91. The van der Waals surface area contributed by atoms with Crippen LogP contribution in [0.4, 0.5) is 0 Å². The molecule has 0 rings (SSSR count). The topological polar surface area (TPSA) is 134 Å². The fourth-order valence-electron chi connectivity index (χ4n) is 6.14. The Hall–Kier alpha value is -0.990. The van der Waals surface area contributed by atoms with E-state index in [0.717, 1.165) is 19.3 Å². The van der Waals surface area contributed by atoms with Gasteiger partial charge in [-0.05, 0) is 12.8 Å². The minimum atomic E-state index is -4.34. The number of hydrogen-bond donors (Lipinski definition) is 2. The summed E-state index contributed by atoms with van der Waals surface area (Å²) in [6.45, 7) is 3.35. The van der Waals surface area contributed by atoms with E-state index in [1.54, 1.807) is 0 Å². The van der Waals surface area contributed by atoms with Crippen LogP contribution in [0.2, 0.25) is 0 Å². The van der Waals surface area contributed by atoms with Gasteiger partial charge < -0.3 is 20.1 Å². The molecule has 0 aromatic rings. The van der Waals surface area contributed by atoms with Crippen molar-refractivity contribution in [2.45, 2.75) is 219 Å². The summed E-state index contributed by atoms with van der Waals surface area (Å²) in [7, 11) is -4.34. The van der Waals surface area contributed by atoms with E-state index in [-0.39, 0.29) is 38.6 Å². The van der Waals surface area contributed by atoms with Crippen molar-refractivity contribution in [1.29, 1.82) is 0 Å². The SMILES string of the molecule is CCCCCCCCCCCCCCCCCCCCCCCCCCCCCCC(=O)OC[C@H](COP(=O)(O)OCCN)OC(=O)CCC. The molecular formula is C40H80NO8P. The van der Waals surface area contributed by atoms with Crippen molar-refractivity contribution in [3.63, 3.8) is 0 Å². The molecular weight excluding hydrogens is 653 g/mol. The van der Waals surface area contributed by atoms with E-state index in [1.807, 2.05) is 6.92 Å². The van der Waals surface area contributed by atoms with Crippen molar-refractivity contribution < 1.29 is 37.6 Å². The second-order valence-corrected chi connectivity index (χ2v) is 15.7. The van der Waals surface area contributed by atoms with Crippen LogP contribution in [0.5, 0.6) is 0 Å². The van der Waals surface area contributed by atoms with Gasteiger partial charge in [-0.15, -0.1) is 0 Å². The van der Waals surface area contributed by atoms with Gasteiger partial charge in [0.25, 0.3) is 0 Å². The van der Waals surface area contributed by atoms with Gasteiger partial charge in [0.2, 0.25) is 0 Å². The first kappa shape index (κ1) is 49.0. The van der Waals surface area contributed by atoms with Gasteiger partial charge >= 0.3 is 19.8 Å². The van der Waals surface area contributed by atoms with Crippen LogP contribution in [0.1, 0.15) is 213 Å². The maximum absolute atomic E-state index is 12.2. The van der Waals surface area contributed by atoms with E-state index in [2.05, 4.69) is 11.4 Å². The second kappa shape index (κ2) is 37.8. The van der Waals surface area contributed by atoms with E-state index in [4.69, 9.17) is 19.7 Å². The highest BCUT2D eigenvalue weighted by Gasteiger charge is 2.25. The molecule has 0 spiro atoms. The van der Waals surface area contributed by atoms with E-state index in [9.17, 15) is 19.0 Å². The quantitative estimate of drug-likeness (QED) is 0.0358. The molecule has 0 aromatic heterocycles. The minimum Gasteiger partial charge on any atom is -0.462 e. The maximum atomic E-state index is 12.2. The van der Waals surface area contributed by atoms with Crippen LogP contribution < -0.4 is 5.73 Å². The van der Waals surface area contributed by atoms with Crippen LogP contribution in [-0.2, 0) is 32.7 Å². The summed E-state index contributed by atoms with van der Waals surface area (Å²) in [4.78, 5) is 33.8. The Morgan fingerprint density at radius 2 is 0.900 bits per heavy atom. The molecule has 10 heteroatoms. The second-order valence-electron chi connectivity index (χ2n) is 14.2. The van der Waals surface area contributed by atoms with Crippen LogP contribution >= 0.6 is 7.82 Å². The number of ether oxygens (including phenoxy) is 2. The number of rotatable bonds is 40. The number of esters is 2. The first-order valence-electron chi connectivity index (χ1n) is 21.0. The first-order valence-corrected chi connectivity index (χ1v) is 22.5. The largest absolute Gasteiger partial charge is 0.472 e. The highest BCUT2D eigenvalue weighted by molar-refractivity contribution is 7.47. The first-order chi connectivity index (χ1) is 24.3. The molecule has 9 nitrogen and oxygen atoms in total. The Balaban J connectivity index is 3.55. The number of phosphoric ester groups is 1. The molecule has 3 N–H and O–H groups in total. The molecule has 0 heterocycles. The van der Waals surface area contributed by atoms with E-state index in [1.165, 1.54) is 161 Å². The molecule has 50 heavy (non-hydrogen) atoms. The zero-order chi connectivity index (χ0) is 36.8. The third-order valence-corrected chi connectivity index (χ3v) is 10.2. The molecule has 1 unspecified atom stereocenters. The Labute approximate surface area is 307 Å². The number of nitrogens with two attached hydrogens (primary N) is 1. The maximum Gasteiger partial charge on any atom is 0.472 e.